The number of furan rings is 1. The van der Waals surface area contributed by atoms with E-state index in [-0.39, 0.29) is 10.8 Å². The second-order valence-electron chi connectivity index (χ2n) is 18.0. The van der Waals surface area contributed by atoms with Crippen LogP contribution in [0.25, 0.3) is 44.2 Å². The molecule has 7 aromatic rings. The number of benzene rings is 6. The van der Waals surface area contributed by atoms with Gasteiger partial charge in [-0.25, -0.2) is 0 Å². The molecule has 0 atom stereocenters. The van der Waals surface area contributed by atoms with Crippen LogP contribution in [0.2, 0.25) is 0 Å². The molecule has 7 aliphatic rings. The van der Waals surface area contributed by atoms with Gasteiger partial charge in [-0.1, -0.05) is 98.1 Å². The van der Waals surface area contributed by atoms with Crippen molar-refractivity contribution in [1.29, 1.82) is 0 Å². The first-order valence-electron chi connectivity index (χ1n) is 20.9. The molecule has 5 fully saturated rings. The van der Waals surface area contributed by atoms with Gasteiger partial charge in [0.15, 0.2) is 0 Å². The van der Waals surface area contributed by atoms with Crippen LogP contribution in [-0.2, 0) is 10.8 Å². The predicted molar refractivity (Wildman–Crippen MR) is 221 cm³/mol. The Morgan fingerprint density at radius 3 is 1.76 bits per heavy atom. The van der Waals surface area contributed by atoms with Crippen LogP contribution in [0.5, 0.6) is 0 Å². The Labute approximate surface area is 317 Å². The summed E-state index contributed by atoms with van der Waals surface area (Å²) < 4.78 is 6.38. The molecular formula is C52H45NO. The molecule has 2 nitrogen and oxygen atoms in total. The zero-order valence-corrected chi connectivity index (χ0v) is 30.9. The van der Waals surface area contributed by atoms with Gasteiger partial charge in [0.25, 0.3) is 0 Å². The van der Waals surface area contributed by atoms with Crippen LogP contribution in [0.3, 0.4) is 0 Å². The van der Waals surface area contributed by atoms with E-state index in [1.54, 1.807) is 16.7 Å². The Morgan fingerprint density at radius 2 is 1.00 bits per heavy atom. The monoisotopic (exact) mass is 699 g/mol. The van der Waals surface area contributed by atoms with Gasteiger partial charge in [-0.2, -0.15) is 0 Å². The third kappa shape index (κ3) is 3.82. The normalized spacial score (nSPS) is 26.4. The Balaban J connectivity index is 1.05. The van der Waals surface area contributed by atoms with Crippen LogP contribution in [0.15, 0.2) is 132 Å². The lowest BCUT2D eigenvalue weighted by molar-refractivity contribution is -0.0399. The van der Waals surface area contributed by atoms with Gasteiger partial charge in [-0.3, -0.25) is 0 Å². The number of fused-ring (bicyclic) bond motifs is 11. The quantitative estimate of drug-likeness (QED) is 0.183. The summed E-state index contributed by atoms with van der Waals surface area (Å²) in [4.78, 5) is 2.59. The van der Waals surface area contributed by atoms with Crippen molar-refractivity contribution in [3.05, 3.63) is 150 Å². The summed E-state index contributed by atoms with van der Waals surface area (Å²) in [6.45, 7) is 0. The lowest BCUT2D eigenvalue weighted by Crippen LogP contribution is -2.55. The average molecular weight is 700 g/mol. The molecule has 54 heavy (non-hydrogen) atoms. The fourth-order valence-electron chi connectivity index (χ4n) is 13.9. The Morgan fingerprint density at radius 1 is 0.444 bits per heavy atom. The molecule has 0 amide bonds. The maximum absolute atomic E-state index is 6.38. The maximum Gasteiger partial charge on any atom is 0.135 e. The van der Waals surface area contributed by atoms with Gasteiger partial charge in [-0.05, 0) is 162 Å². The number of hydrogen-bond acceptors (Lipinski definition) is 2. The van der Waals surface area contributed by atoms with E-state index in [1.165, 1.54) is 120 Å². The third-order valence-corrected chi connectivity index (χ3v) is 15.6. The summed E-state index contributed by atoms with van der Waals surface area (Å²) in [5.74, 6) is 3.32. The van der Waals surface area contributed by atoms with Crippen molar-refractivity contribution in [3.63, 3.8) is 0 Å². The summed E-state index contributed by atoms with van der Waals surface area (Å²) in [6.07, 6.45) is 13.5. The summed E-state index contributed by atoms with van der Waals surface area (Å²) in [5.41, 5.74) is 18.0. The van der Waals surface area contributed by atoms with Crippen molar-refractivity contribution in [2.75, 3.05) is 4.90 Å². The molecule has 0 saturated heterocycles. The highest BCUT2D eigenvalue weighted by molar-refractivity contribution is 6.06. The van der Waals surface area contributed by atoms with E-state index in [0.717, 1.165) is 34.8 Å². The van der Waals surface area contributed by atoms with Crippen LogP contribution < -0.4 is 4.90 Å². The van der Waals surface area contributed by atoms with Gasteiger partial charge in [0.2, 0.25) is 0 Å². The molecule has 0 radical (unpaired) electrons. The first kappa shape index (κ1) is 30.3. The highest BCUT2D eigenvalue weighted by atomic mass is 16.3. The zero-order chi connectivity index (χ0) is 35.2. The van der Waals surface area contributed by atoms with E-state index < -0.39 is 0 Å². The van der Waals surface area contributed by atoms with Crippen LogP contribution in [0.4, 0.5) is 17.1 Å². The van der Waals surface area contributed by atoms with E-state index in [9.17, 15) is 0 Å². The Kier molecular flexibility index (Phi) is 6.04. The fraction of sp³-hybridized carbons (Fsp3) is 0.308. The van der Waals surface area contributed by atoms with E-state index in [2.05, 4.69) is 132 Å². The smallest absolute Gasteiger partial charge is 0.135 e. The van der Waals surface area contributed by atoms with Crippen molar-refractivity contribution < 1.29 is 4.42 Å². The number of hydrogen-bond donors (Lipinski definition) is 0. The first-order chi connectivity index (χ1) is 26.7. The van der Waals surface area contributed by atoms with Crippen LogP contribution >= 0.6 is 0 Å². The highest BCUT2D eigenvalue weighted by Gasteiger charge is 2.61. The molecule has 2 heteroatoms. The largest absolute Gasteiger partial charge is 0.456 e. The SMILES string of the molecule is c1ccc2c(c1)-c1ccc(N(c3ccc4c(c3)C3(c5ccccc5-4)C4CC5CC(C4)CC3C5)c3ccc4oc5ccccc5c4c3)cc1C21CCCCC1. The summed E-state index contributed by atoms with van der Waals surface area (Å²) in [5, 5.41) is 2.35. The first-order valence-corrected chi connectivity index (χ1v) is 20.9. The Bertz CT molecular complexity index is 2660. The minimum Gasteiger partial charge on any atom is -0.456 e. The third-order valence-electron chi connectivity index (χ3n) is 15.6. The standard InChI is InChI=1S/C52H45NO/c1-8-22-51(23-9-1)45-13-5-2-10-39(45)41-19-16-37(30-47(41)51)53(36-18-21-50-44(29-36)43-12-4-7-15-49(43)54-50)38-17-20-42-40-11-3-6-14-46(40)52(48(42)31-38)34-25-32-24-33(27-34)28-35(52)26-32/h2-7,10-21,29-35H,1,8-9,22-28H2. The number of para-hydroxylation sites is 1. The van der Waals surface area contributed by atoms with Crippen LogP contribution in [-0.4, -0.2) is 0 Å². The van der Waals surface area contributed by atoms with E-state index in [0.29, 0.717) is 0 Å². The fourth-order valence-corrected chi connectivity index (χ4v) is 13.9. The van der Waals surface area contributed by atoms with E-state index in [1.807, 2.05) is 0 Å². The zero-order valence-electron chi connectivity index (χ0n) is 30.9. The summed E-state index contributed by atoms with van der Waals surface area (Å²) >= 11 is 0. The summed E-state index contributed by atoms with van der Waals surface area (Å²) in [7, 11) is 0. The molecular weight excluding hydrogens is 655 g/mol. The molecule has 7 aliphatic carbocycles. The number of nitrogens with zero attached hydrogens (tertiary/aromatic N) is 1. The molecule has 6 aromatic carbocycles. The lowest BCUT2D eigenvalue weighted by Gasteiger charge is -2.61. The van der Waals surface area contributed by atoms with Gasteiger partial charge < -0.3 is 9.32 Å². The summed E-state index contributed by atoms with van der Waals surface area (Å²) in [6, 6.07) is 49.3. The Hall–Kier alpha value is -5.08. The van der Waals surface area contributed by atoms with Gasteiger partial charge >= 0.3 is 0 Å². The topological polar surface area (TPSA) is 16.4 Å². The second-order valence-corrected chi connectivity index (χ2v) is 18.0. The van der Waals surface area contributed by atoms with E-state index in [4.69, 9.17) is 4.42 Å². The minimum atomic E-state index is 0.0978. The molecule has 0 N–H and O–H groups in total. The predicted octanol–water partition coefficient (Wildman–Crippen LogP) is 14.0. The van der Waals surface area contributed by atoms with Gasteiger partial charge in [-0.15, -0.1) is 0 Å². The molecule has 0 aliphatic heterocycles. The maximum atomic E-state index is 6.38. The van der Waals surface area contributed by atoms with Crippen molar-refractivity contribution >= 4 is 39.0 Å². The molecule has 14 rings (SSSR count). The number of rotatable bonds is 3. The van der Waals surface area contributed by atoms with Crippen molar-refractivity contribution in [3.8, 4) is 22.3 Å². The average Bonchev–Trinajstić information content (AvgIpc) is 3.82. The molecule has 1 aromatic heterocycles. The lowest BCUT2D eigenvalue weighted by atomic mass is 9.43. The van der Waals surface area contributed by atoms with Gasteiger partial charge in [0, 0.05) is 38.7 Å². The van der Waals surface area contributed by atoms with Gasteiger partial charge in [0.05, 0.1) is 0 Å². The number of anilines is 3. The molecule has 0 unspecified atom stereocenters. The second kappa shape index (κ2) is 10.8. The van der Waals surface area contributed by atoms with E-state index >= 15 is 0 Å². The molecule has 1 heterocycles. The van der Waals surface area contributed by atoms with Gasteiger partial charge in [0.1, 0.15) is 11.2 Å². The molecule has 2 spiro atoms. The van der Waals surface area contributed by atoms with Crippen molar-refractivity contribution in [2.24, 2.45) is 23.7 Å². The minimum absolute atomic E-state index is 0.0978. The van der Waals surface area contributed by atoms with Crippen LogP contribution in [0, 0.1) is 23.7 Å². The highest BCUT2D eigenvalue weighted by Crippen LogP contribution is 2.69. The molecule has 264 valence electrons. The molecule has 5 saturated carbocycles. The van der Waals surface area contributed by atoms with Crippen LogP contribution in [0.1, 0.15) is 86.5 Å². The molecule has 4 bridgehead atoms. The van der Waals surface area contributed by atoms with Crippen molar-refractivity contribution in [2.45, 2.75) is 75.0 Å². The van der Waals surface area contributed by atoms with Crippen molar-refractivity contribution in [1.82, 2.24) is 0 Å².